The molecule has 0 saturated carbocycles. The number of unbranched alkanes of at least 4 members (excludes halogenated alkanes) is 1. The van der Waals surface area contributed by atoms with Crippen LogP contribution in [0.4, 0.5) is 0 Å². The van der Waals surface area contributed by atoms with Gasteiger partial charge >= 0.3 is 0 Å². The first-order valence-electron chi connectivity index (χ1n) is 10.6. The predicted octanol–water partition coefficient (Wildman–Crippen LogP) is 7.00. The molecule has 27 heavy (non-hydrogen) atoms. The lowest BCUT2D eigenvalue weighted by Gasteiger charge is -2.45. The second-order valence-corrected chi connectivity index (χ2v) is 9.56. The number of aromatic nitrogens is 1. The second-order valence-electron chi connectivity index (χ2n) is 8.51. The highest BCUT2D eigenvalue weighted by molar-refractivity contribution is 7.22. The van der Waals surface area contributed by atoms with Crippen LogP contribution in [0, 0.1) is 0 Å². The molecule has 3 heterocycles. The summed E-state index contributed by atoms with van der Waals surface area (Å²) >= 11 is 2.00. The van der Waals surface area contributed by atoms with Crippen molar-refractivity contribution < 1.29 is 4.57 Å². The van der Waals surface area contributed by atoms with E-state index in [2.05, 4.69) is 81.8 Å². The predicted molar refractivity (Wildman–Crippen MR) is 118 cm³/mol. The van der Waals surface area contributed by atoms with Crippen molar-refractivity contribution in [1.29, 1.82) is 0 Å². The third kappa shape index (κ3) is 2.52. The molecular weight excluding hydrogens is 346 g/mol. The molecule has 0 aliphatic carbocycles. The number of aryl methyl sites for hydroxylation is 1. The molecule has 2 aromatic heterocycles. The normalized spacial score (nSPS) is 24.0. The number of thiophene rings is 1. The van der Waals surface area contributed by atoms with E-state index >= 15 is 0 Å². The molecule has 1 aromatic carbocycles. The van der Waals surface area contributed by atoms with Crippen molar-refractivity contribution in [3.05, 3.63) is 53.7 Å². The Morgan fingerprint density at radius 2 is 1.81 bits per heavy atom. The monoisotopic (exact) mass is 378 g/mol. The van der Waals surface area contributed by atoms with Gasteiger partial charge in [0.2, 0.25) is 5.69 Å². The van der Waals surface area contributed by atoms with Crippen LogP contribution < -0.4 is 4.57 Å². The summed E-state index contributed by atoms with van der Waals surface area (Å²) in [6.45, 7) is 11.9. The third-order valence-corrected chi connectivity index (χ3v) is 8.51. The second kappa shape index (κ2) is 6.74. The maximum absolute atomic E-state index is 2.56. The summed E-state index contributed by atoms with van der Waals surface area (Å²) in [6, 6.07) is 13.9. The molecule has 0 spiro atoms. The summed E-state index contributed by atoms with van der Waals surface area (Å²) in [5, 5.41) is 1.48. The van der Waals surface area contributed by atoms with Gasteiger partial charge in [0.05, 0.1) is 5.41 Å². The van der Waals surface area contributed by atoms with E-state index in [1.807, 2.05) is 11.3 Å². The van der Waals surface area contributed by atoms with Crippen LogP contribution in [-0.2, 0) is 17.4 Å². The Morgan fingerprint density at radius 1 is 1.00 bits per heavy atom. The van der Waals surface area contributed by atoms with E-state index in [1.54, 1.807) is 5.56 Å². The average molecular weight is 379 g/mol. The summed E-state index contributed by atoms with van der Waals surface area (Å²) in [6.07, 6.45) is 8.30. The summed E-state index contributed by atoms with van der Waals surface area (Å²) in [5.41, 5.74) is 4.67. The summed E-state index contributed by atoms with van der Waals surface area (Å²) in [7, 11) is 0. The minimum absolute atomic E-state index is 0.0836. The van der Waals surface area contributed by atoms with Gasteiger partial charge in [-0.2, -0.15) is 4.57 Å². The number of nitrogens with zero attached hydrogens (tertiary/aromatic N) is 1. The van der Waals surface area contributed by atoms with Crippen molar-refractivity contribution in [2.24, 2.45) is 0 Å². The molecule has 0 bridgehead atoms. The molecule has 142 valence electrons. The Morgan fingerprint density at radius 3 is 2.52 bits per heavy atom. The van der Waals surface area contributed by atoms with Gasteiger partial charge in [-0.15, -0.1) is 11.3 Å². The van der Waals surface area contributed by atoms with Crippen LogP contribution in [0.25, 0.3) is 20.7 Å². The van der Waals surface area contributed by atoms with E-state index in [4.69, 9.17) is 0 Å². The quantitative estimate of drug-likeness (QED) is 0.421. The largest absolute Gasteiger partial charge is 0.223 e. The van der Waals surface area contributed by atoms with Gasteiger partial charge < -0.3 is 0 Å². The Bertz CT molecular complexity index is 985. The molecule has 0 N–H and O–H groups in total. The van der Waals surface area contributed by atoms with Crippen LogP contribution in [-0.4, -0.2) is 0 Å². The molecule has 2 atom stereocenters. The number of rotatable bonds is 5. The van der Waals surface area contributed by atoms with Crippen LogP contribution in [0.15, 0.2) is 42.6 Å². The zero-order valence-electron chi connectivity index (χ0n) is 17.4. The Hall–Kier alpha value is -1.67. The molecule has 2 unspecified atom stereocenters. The first kappa shape index (κ1) is 18.7. The fourth-order valence-corrected chi connectivity index (χ4v) is 6.54. The van der Waals surface area contributed by atoms with Crippen molar-refractivity contribution >= 4 is 21.4 Å². The van der Waals surface area contributed by atoms with Crippen LogP contribution in [0.1, 0.15) is 71.4 Å². The lowest BCUT2D eigenvalue weighted by Crippen LogP contribution is -2.67. The van der Waals surface area contributed by atoms with Crippen molar-refractivity contribution in [2.75, 3.05) is 0 Å². The van der Waals surface area contributed by atoms with E-state index in [0.717, 1.165) is 12.8 Å². The number of benzene rings is 1. The highest BCUT2D eigenvalue weighted by Crippen LogP contribution is 2.54. The van der Waals surface area contributed by atoms with Crippen LogP contribution in [0.2, 0.25) is 0 Å². The standard InChI is InChI=1S/C25H32NS/c1-6-9-12-18-14-15-19-21(17-18)27-23-20-13-10-11-16-26(20)25(5,8-3)24(4,7-2)22(19)23/h10-11,13-17H,6-9,12H2,1-5H3/q+1. The Labute approximate surface area is 168 Å². The maximum atomic E-state index is 2.56. The van der Waals surface area contributed by atoms with Gasteiger partial charge in [-0.25, -0.2) is 0 Å². The van der Waals surface area contributed by atoms with Crippen LogP contribution >= 0.6 is 11.3 Å². The van der Waals surface area contributed by atoms with Crippen molar-refractivity contribution in [3.63, 3.8) is 0 Å². The van der Waals surface area contributed by atoms with E-state index in [0.29, 0.717) is 0 Å². The molecule has 1 aliphatic heterocycles. The smallest absolute Gasteiger partial charge is 0.192 e. The summed E-state index contributed by atoms with van der Waals surface area (Å²) in [5.74, 6) is 0. The fourth-order valence-electron chi connectivity index (χ4n) is 5.12. The number of pyridine rings is 1. The maximum Gasteiger partial charge on any atom is 0.223 e. The Kier molecular flexibility index (Phi) is 4.66. The average Bonchev–Trinajstić information content (AvgIpc) is 3.09. The minimum atomic E-state index is 0.0836. The SMILES string of the molecule is CCCCc1ccc2c3c(sc2c1)-c1cccc[n+]1C(C)(CC)C3(C)CC. The van der Waals surface area contributed by atoms with Gasteiger partial charge in [0.1, 0.15) is 4.88 Å². The molecule has 0 radical (unpaired) electrons. The lowest BCUT2D eigenvalue weighted by molar-refractivity contribution is -0.765. The van der Waals surface area contributed by atoms with Gasteiger partial charge in [-0.1, -0.05) is 39.3 Å². The summed E-state index contributed by atoms with van der Waals surface area (Å²) < 4.78 is 4.02. The highest BCUT2D eigenvalue weighted by atomic mass is 32.1. The molecule has 0 saturated heterocycles. The first-order valence-corrected chi connectivity index (χ1v) is 11.4. The number of hydrogen-bond donors (Lipinski definition) is 0. The van der Waals surface area contributed by atoms with Crippen LogP contribution in [0.5, 0.6) is 0 Å². The molecule has 0 amide bonds. The molecular formula is C25H32NS+. The molecule has 3 aromatic rings. The summed E-state index contributed by atoms with van der Waals surface area (Å²) in [4.78, 5) is 1.48. The molecule has 1 nitrogen and oxygen atoms in total. The van der Waals surface area contributed by atoms with E-state index < -0.39 is 0 Å². The molecule has 4 rings (SSSR count). The van der Waals surface area contributed by atoms with Gasteiger partial charge in [-0.3, -0.25) is 0 Å². The van der Waals surface area contributed by atoms with Crippen LogP contribution in [0.3, 0.4) is 0 Å². The van der Waals surface area contributed by atoms with E-state index in [-0.39, 0.29) is 11.0 Å². The fraction of sp³-hybridized carbons (Fsp3) is 0.480. The number of fused-ring (bicyclic) bond motifs is 5. The van der Waals surface area contributed by atoms with Crippen molar-refractivity contribution in [1.82, 2.24) is 0 Å². The zero-order chi connectivity index (χ0) is 19.2. The molecule has 0 fully saturated rings. The molecule has 1 aliphatic rings. The first-order chi connectivity index (χ1) is 13.0. The minimum Gasteiger partial charge on any atom is -0.192 e. The van der Waals surface area contributed by atoms with Crippen molar-refractivity contribution in [2.45, 2.75) is 77.7 Å². The molecule has 2 heteroatoms. The van der Waals surface area contributed by atoms with Gasteiger partial charge in [0.15, 0.2) is 11.7 Å². The van der Waals surface area contributed by atoms with Crippen molar-refractivity contribution in [3.8, 4) is 10.6 Å². The lowest BCUT2D eigenvalue weighted by atomic mass is 9.61. The number of hydrogen-bond acceptors (Lipinski definition) is 1. The zero-order valence-corrected chi connectivity index (χ0v) is 18.2. The van der Waals surface area contributed by atoms with E-state index in [1.165, 1.54) is 45.5 Å². The van der Waals surface area contributed by atoms with Gasteiger partial charge in [-0.05, 0) is 54.8 Å². The van der Waals surface area contributed by atoms with Gasteiger partial charge in [0.25, 0.3) is 0 Å². The Balaban J connectivity index is 2.03. The van der Waals surface area contributed by atoms with E-state index in [9.17, 15) is 0 Å². The topological polar surface area (TPSA) is 3.88 Å². The van der Waals surface area contributed by atoms with Gasteiger partial charge in [0, 0.05) is 30.2 Å². The highest BCUT2D eigenvalue weighted by Gasteiger charge is 2.57. The third-order valence-electron chi connectivity index (χ3n) is 7.33.